The van der Waals surface area contributed by atoms with Crippen LogP contribution in [0.1, 0.15) is 25.7 Å². The molecule has 0 aromatic heterocycles. The van der Waals surface area contributed by atoms with E-state index < -0.39 is 0 Å². The maximum atomic E-state index is 8.96. The molecule has 0 amide bonds. The number of para-hydroxylation sites is 1. The first-order valence-corrected chi connectivity index (χ1v) is 8.89. The summed E-state index contributed by atoms with van der Waals surface area (Å²) in [6, 6.07) is 13.3. The molecule has 2 atom stereocenters. The summed E-state index contributed by atoms with van der Waals surface area (Å²) < 4.78 is 6.13. The summed E-state index contributed by atoms with van der Waals surface area (Å²) >= 11 is 2.01. The normalized spacial score (nSPS) is 28.4. The molecule has 3 nitrogen and oxygen atoms in total. The Bertz CT molecular complexity index is 493. The standard InChI is InChI=1S/C17H22N2OS/c18-9-4-10-19(15-5-2-1-3-6-15)16-7-11-20-17(13-16)8-12-21-14-17/h1-3,5-6,16H,4,7-8,10-14H2. The molecular weight excluding hydrogens is 280 g/mol. The zero-order chi connectivity index (χ0) is 14.5. The Morgan fingerprint density at radius 1 is 1.38 bits per heavy atom. The first kappa shape index (κ1) is 14.7. The Morgan fingerprint density at radius 3 is 2.95 bits per heavy atom. The molecule has 112 valence electrons. The molecule has 0 saturated carbocycles. The molecule has 2 fully saturated rings. The van der Waals surface area contributed by atoms with Crippen LogP contribution < -0.4 is 4.90 Å². The zero-order valence-electron chi connectivity index (χ0n) is 12.3. The van der Waals surface area contributed by atoms with E-state index in [9.17, 15) is 0 Å². The van der Waals surface area contributed by atoms with Gasteiger partial charge in [-0.05, 0) is 37.1 Å². The molecule has 2 heterocycles. The predicted octanol–water partition coefficient (Wildman–Crippen LogP) is 3.46. The summed E-state index contributed by atoms with van der Waals surface area (Å²) in [4.78, 5) is 2.43. The molecule has 2 aliphatic heterocycles. The highest BCUT2D eigenvalue weighted by atomic mass is 32.2. The van der Waals surface area contributed by atoms with Gasteiger partial charge in [-0.15, -0.1) is 0 Å². The van der Waals surface area contributed by atoms with Gasteiger partial charge in [0.2, 0.25) is 0 Å². The number of hydrogen-bond acceptors (Lipinski definition) is 4. The highest BCUT2D eigenvalue weighted by molar-refractivity contribution is 7.99. The summed E-state index contributed by atoms with van der Waals surface area (Å²) in [7, 11) is 0. The van der Waals surface area contributed by atoms with Crippen LogP contribution in [0.2, 0.25) is 0 Å². The van der Waals surface area contributed by atoms with Gasteiger partial charge in [-0.1, -0.05) is 18.2 Å². The van der Waals surface area contributed by atoms with E-state index in [2.05, 4.69) is 35.2 Å². The second-order valence-electron chi connectivity index (χ2n) is 5.92. The summed E-state index contributed by atoms with van der Waals surface area (Å²) in [5.74, 6) is 2.35. The number of thioether (sulfide) groups is 1. The fourth-order valence-electron chi connectivity index (χ4n) is 3.44. The minimum absolute atomic E-state index is 0.0905. The zero-order valence-corrected chi connectivity index (χ0v) is 13.1. The van der Waals surface area contributed by atoms with Crippen LogP contribution in [0.25, 0.3) is 0 Å². The molecule has 0 radical (unpaired) electrons. The highest BCUT2D eigenvalue weighted by Crippen LogP contribution is 2.40. The smallest absolute Gasteiger partial charge is 0.0799 e. The third-order valence-electron chi connectivity index (χ3n) is 4.53. The van der Waals surface area contributed by atoms with Gasteiger partial charge in [0.25, 0.3) is 0 Å². The molecule has 1 spiro atoms. The number of benzene rings is 1. The van der Waals surface area contributed by atoms with Crippen LogP contribution in [0.15, 0.2) is 30.3 Å². The van der Waals surface area contributed by atoms with Crippen molar-refractivity contribution in [3.63, 3.8) is 0 Å². The van der Waals surface area contributed by atoms with E-state index in [4.69, 9.17) is 10.00 Å². The third kappa shape index (κ3) is 3.36. The van der Waals surface area contributed by atoms with Crippen molar-refractivity contribution in [3.8, 4) is 6.07 Å². The number of rotatable bonds is 4. The molecule has 0 bridgehead atoms. The molecule has 2 aliphatic rings. The molecule has 1 aromatic rings. The molecule has 0 aliphatic carbocycles. The van der Waals surface area contributed by atoms with Crippen LogP contribution in [0.3, 0.4) is 0 Å². The molecule has 3 rings (SSSR count). The Kier molecular flexibility index (Phi) is 4.72. The van der Waals surface area contributed by atoms with Crippen LogP contribution >= 0.6 is 11.8 Å². The van der Waals surface area contributed by atoms with Gasteiger partial charge in [0.15, 0.2) is 0 Å². The summed E-state index contributed by atoms with van der Waals surface area (Å²) in [6.07, 6.45) is 3.91. The topological polar surface area (TPSA) is 36.3 Å². The highest BCUT2D eigenvalue weighted by Gasteiger charge is 2.42. The van der Waals surface area contributed by atoms with E-state index in [-0.39, 0.29) is 5.60 Å². The van der Waals surface area contributed by atoms with Crippen LogP contribution in [-0.2, 0) is 4.74 Å². The lowest BCUT2D eigenvalue weighted by Crippen LogP contribution is -2.49. The molecule has 2 saturated heterocycles. The predicted molar refractivity (Wildman–Crippen MR) is 87.7 cm³/mol. The van der Waals surface area contributed by atoms with Crippen LogP contribution in [-0.4, -0.2) is 36.3 Å². The molecule has 21 heavy (non-hydrogen) atoms. The van der Waals surface area contributed by atoms with Crippen molar-refractivity contribution >= 4 is 17.4 Å². The number of anilines is 1. The van der Waals surface area contributed by atoms with Gasteiger partial charge in [-0.2, -0.15) is 17.0 Å². The van der Waals surface area contributed by atoms with Crippen molar-refractivity contribution in [2.75, 3.05) is 29.6 Å². The lowest BCUT2D eigenvalue weighted by atomic mass is 9.88. The third-order valence-corrected chi connectivity index (χ3v) is 5.75. The second-order valence-corrected chi connectivity index (χ2v) is 7.02. The van der Waals surface area contributed by atoms with Gasteiger partial charge in [-0.25, -0.2) is 0 Å². The Balaban J connectivity index is 1.77. The van der Waals surface area contributed by atoms with E-state index in [1.165, 1.54) is 17.9 Å². The van der Waals surface area contributed by atoms with E-state index in [1.807, 2.05) is 17.8 Å². The Labute approximate surface area is 131 Å². The van der Waals surface area contributed by atoms with Gasteiger partial charge >= 0.3 is 0 Å². The van der Waals surface area contributed by atoms with E-state index in [1.54, 1.807) is 0 Å². The molecule has 4 heteroatoms. The quantitative estimate of drug-likeness (QED) is 0.853. The molecular formula is C17H22N2OS. The van der Waals surface area contributed by atoms with Crippen molar-refractivity contribution < 1.29 is 4.74 Å². The fourth-order valence-corrected chi connectivity index (χ4v) is 4.82. The van der Waals surface area contributed by atoms with E-state index in [0.29, 0.717) is 12.5 Å². The van der Waals surface area contributed by atoms with E-state index >= 15 is 0 Å². The lowest BCUT2D eigenvalue weighted by Gasteiger charge is -2.43. The second kappa shape index (κ2) is 6.72. The summed E-state index contributed by atoms with van der Waals surface area (Å²) in [5, 5.41) is 8.96. The number of nitriles is 1. The Morgan fingerprint density at radius 2 is 2.24 bits per heavy atom. The van der Waals surface area contributed by atoms with Gasteiger partial charge < -0.3 is 9.64 Å². The Hall–Kier alpha value is -1.18. The molecule has 2 unspecified atom stereocenters. The van der Waals surface area contributed by atoms with Gasteiger partial charge in [0.1, 0.15) is 0 Å². The summed E-state index contributed by atoms with van der Waals surface area (Å²) in [6.45, 7) is 1.66. The van der Waals surface area contributed by atoms with Crippen molar-refractivity contribution in [1.82, 2.24) is 0 Å². The fraction of sp³-hybridized carbons (Fsp3) is 0.588. The maximum Gasteiger partial charge on any atom is 0.0799 e. The first-order valence-electron chi connectivity index (χ1n) is 7.73. The van der Waals surface area contributed by atoms with Gasteiger partial charge in [0.05, 0.1) is 18.1 Å². The van der Waals surface area contributed by atoms with E-state index in [0.717, 1.165) is 31.7 Å². The van der Waals surface area contributed by atoms with Gasteiger partial charge in [0, 0.05) is 30.6 Å². The van der Waals surface area contributed by atoms with Crippen LogP contribution in [0.5, 0.6) is 0 Å². The summed E-state index contributed by atoms with van der Waals surface area (Å²) in [5.41, 5.74) is 1.33. The molecule has 0 N–H and O–H groups in total. The SMILES string of the molecule is N#CCCN(c1ccccc1)C1CCOC2(CCSC2)C1. The van der Waals surface area contributed by atoms with Crippen molar-refractivity contribution in [3.05, 3.63) is 30.3 Å². The molecule has 1 aromatic carbocycles. The van der Waals surface area contributed by atoms with Crippen molar-refractivity contribution in [2.45, 2.75) is 37.3 Å². The van der Waals surface area contributed by atoms with Gasteiger partial charge in [-0.3, -0.25) is 0 Å². The minimum Gasteiger partial charge on any atom is -0.374 e. The first-order chi connectivity index (χ1) is 10.3. The largest absolute Gasteiger partial charge is 0.374 e. The van der Waals surface area contributed by atoms with Crippen molar-refractivity contribution in [2.24, 2.45) is 0 Å². The lowest BCUT2D eigenvalue weighted by molar-refractivity contribution is -0.0662. The van der Waals surface area contributed by atoms with Crippen LogP contribution in [0, 0.1) is 11.3 Å². The number of hydrogen-bond donors (Lipinski definition) is 0. The van der Waals surface area contributed by atoms with Crippen molar-refractivity contribution in [1.29, 1.82) is 5.26 Å². The number of ether oxygens (including phenoxy) is 1. The van der Waals surface area contributed by atoms with Crippen LogP contribution in [0.4, 0.5) is 5.69 Å². The average Bonchev–Trinajstić information content (AvgIpc) is 2.97. The maximum absolute atomic E-state index is 8.96. The number of nitrogens with zero attached hydrogens (tertiary/aromatic N) is 2. The monoisotopic (exact) mass is 302 g/mol. The minimum atomic E-state index is 0.0905. The average molecular weight is 302 g/mol.